The SMILES string of the molecule is COc1ccc(S(=O)(=O)Nc2ccccc2C(=O)NCCN2CCN(c3nc4c(C)cc(C)cc4s3)CC2)cc1. The fraction of sp³-hybridized carbons (Fsp3) is 0.310. The van der Waals surface area contributed by atoms with E-state index in [9.17, 15) is 13.2 Å². The lowest BCUT2D eigenvalue weighted by Crippen LogP contribution is -2.48. The molecule has 2 heterocycles. The van der Waals surface area contributed by atoms with Gasteiger partial charge in [0, 0.05) is 39.3 Å². The molecule has 1 saturated heterocycles. The van der Waals surface area contributed by atoms with Crippen molar-refractivity contribution in [3.05, 3.63) is 77.4 Å². The summed E-state index contributed by atoms with van der Waals surface area (Å²) in [6.45, 7) is 8.89. The van der Waals surface area contributed by atoms with Gasteiger partial charge >= 0.3 is 0 Å². The average Bonchev–Trinajstić information content (AvgIpc) is 3.38. The van der Waals surface area contributed by atoms with Crippen molar-refractivity contribution in [1.29, 1.82) is 0 Å². The van der Waals surface area contributed by atoms with Crippen LogP contribution in [0.25, 0.3) is 10.2 Å². The van der Waals surface area contributed by atoms with Crippen molar-refractivity contribution >= 4 is 48.3 Å². The fourth-order valence-electron chi connectivity index (χ4n) is 4.81. The number of hydrogen-bond acceptors (Lipinski definition) is 8. The van der Waals surface area contributed by atoms with E-state index in [-0.39, 0.29) is 22.1 Å². The standard InChI is InChI=1S/C29H33N5O4S2/c1-20-18-21(2)27-26(19-20)39-29(31-27)34-16-14-33(15-17-34)13-12-30-28(35)24-6-4-5-7-25(24)32-40(36,37)23-10-8-22(38-3)9-11-23/h4-11,18-19,32H,12-17H2,1-3H3,(H,30,35). The van der Waals surface area contributed by atoms with E-state index in [1.54, 1.807) is 47.7 Å². The smallest absolute Gasteiger partial charge is 0.261 e. The molecule has 0 saturated carbocycles. The highest BCUT2D eigenvalue weighted by atomic mass is 32.2. The van der Waals surface area contributed by atoms with Gasteiger partial charge in [-0.25, -0.2) is 13.4 Å². The number of anilines is 2. The van der Waals surface area contributed by atoms with E-state index in [0.717, 1.165) is 36.8 Å². The van der Waals surface area contributed by atoms with Gasteiger partial charge in [0.25, 0.3) is 15.9 Å². The quantitative estimate of drug-likeness (QED) is 0.305. The van der Waals surface area contributed by atoms with Crippen LogP contribution in [0.5, 0.6) is 5.75 Å². The predicted molar refractivity (Wildman–Crippen MR) is 160 cm³/mol. The summed E-state index contributed by atoms with van der Waals surface area (Å²) in [4.78, 5) is 22.6. The minimum absolute atomic E-state index is 0.0822. The molecule has 1 fully saturated rings. The Morgan fingerprint density at radius 1 is 1.02 bits per heavy atom. The van der Waals surface area contributed by atoms with Crippen LogP contribution in [-0.2, 0) is 10.0 Å². The van der Waals surface area contributed by atoms with Crippen molar-refractivity contribution in [2.45, 2.75) is 18.7 Å². The van der Waals surface area contributed by atoms with Crippen LogP contribution in [0.4, 0.5) is 10.8 Å². The zero-order chi connectivity index (χ0) is 28.3. The second-order valence-electron chi connectivity index (χ2n) is 9.84. The Hall–Kier alpha value is -3.67. The lowest BCUT2D eigenvalue weighted by Gasteiger charge is -2.34. The van der Waals surface area contributed by atoms with Crippen LogP contribution in [0.2, 0.25) is 0 Å². The van der Waals surface area contributed by atoms with Crippen molar-refractivity contribution < 1.29 is 17.9 Å². The first-order valence-electron chi connectivity index (χ1n) is 13.1. The number of para-hydroxylation sites is 1. The van der Waals surface area contributed by atoms with Crippen LogP contribution in [0.1, 0.15) is 21.5 Å². The maximum absolute atomic E-state index is 13.0. The van der Waals surface area contributed by atoms with Gasteiger partial charge in [0.1, 0.15) is 5.75 Å². The van der Waals surface area contributed by atoms with Gasteiger partial charge < -0.3 is 15.0 Å². The van der Waals surface area contributed by atoms with E-state index in [1.807, 2.05) is 0 Å². The number of carbonyl (C=O) groups is 1. The number of carbonyl (C=O) groups excluding carboxylic acids is 1. The van der Waals surface area contributed by atoms with Crippen molar-refractivity contribution in [2.24, 2.45) is 0 Å². The largest absolute Gasteiger partial charge is 0.497 e. The number of nitrogens with one attached hydrogen (secondary N) is 2. The summed E-state index contributed by atoms with van der Waals surface area (Å²) >= 11 is 1.74. The Morgan fingerprint density at radius 3 is 2.48 bits per heavy atom. The highest BCUT2D eigenvalue weighted by Crippen LogP contribution is 2.32. The fourth-order valence-corrected chi connectivity index (χ4v) is 7.08. The zero-order valence-electron chi connectivity index (χ0n) is 22.8. The zero-order valence-corrected chi connectivity index (χ0v) is 24.4. The summed E-state index contributed by atoms with van der Waals surface area (Å²) in [7, 11) is -2.36. The third-order valence-electron chi connectivity index (χ3n) is 6.96. The maximum atomic E-state index is 13.0. The van der Waals surface area contributed by atoms with E-state index < -0.39 is 10.0 Å². The number of thiazole rings is 1. The Morgan fingerprint density at radius 2 is 1.75 bits per heavy atom. The first-order valence-corrected chi connectivity index (χ1v) is 15.4. The second-order valence-corrected chi connectivity index (χ2v) is 12.5. The molecule has 1 aliphatic rings. The third kappa shape index (κ3) is 6.22. The van der Waals surface area contributed by atoms with Gasteiger partial charge in [-0.1, -0.05) is 29.5 Å². The number of aryl methyl sites for hydroxylation is 2. The number of rotatable bonds is 9. The monoisotopic (exact) mass is 579 g/mol. The molecule has 0 atom stereocenters. The van der Waals surface area contributed by atoms with E-state index in [0.29, 0.717) is 18.8 Å². The summed E-state index contributed by atoms with van der Waals surface area (Å²) < 4.78 is 34.7. The Bertz CT molecular complexity index is 1610. The number of methoxy groups -OCH3 is 1. The number of sulfonamides is 1. The van der Waals surface area contributed by atoms with Crippen molar-refractivity contribution in [1.82, 2.24) is 15.2 Å². The normalized spacial score (nSPS) is 14.3. The average molecular weight is 580 g/mol. The highest BCUT2D eigenvalue weighted by Gasteiger charge is 2.22. The van der Waals surface area contributed by atoms with Gasteiger partial charge in [0.15, 0.2) is 5.13 Å². The molecule has 0 radical (unpaired) electrons. The highest BCUT2D eigenvalue weighted by molar-refractivity contribution is 7.92. The minimum atomic E-state index is -3.88. The lowest BCUT2D eigenvalue weighted by atomic mass is 10.1. The van der Waals surface area contributed by atoms with Crippen LogP contribution in [0, 0.1) is 13.8 Å². The summed E-state index contributed by atoms with van der Waals surface area (Å²) in [5.74, 6) is 0.230. The molecule has 1 aromatic heterocycles. The van der Waals surface area contributed by atoms with Gasteiger partial charge in [0.05, 0.1) is 33.5 Å². The molecule has 0 spiro atoms. The van der Waals surface area contributed by atoms with Gasteiger partial charge in [-0.05, 0) is 67.4 Å². The summed E-state index contributed by atoms with van der Waals surface area (Å²) in [5.41, 5.74) is 4.05. The van der Waals surface area contributed by atoms with Crippen molar-refractivity contribution in [3.63, 3.8) is 0 Å². The van der Waals surface area contributed by atoms with Gasteiger partial charge in [0.2, 0.25) is 0 Å². The molecule has 0 aliphatic carbocycles. The topological polar surface area (TPSA) is 104 Å². The summed E-state index contributed by atoms with van der Waals surface area (Å²) in [6, 6.07) is 17.0. The Balaban J connectivity index is 1.14. The number of amides is 1. The predicted octanol–water partition coefficient (Wildman–Crippen LogP) is 4.27. The molecule has 40 heavy (non-hydrogen) atoms. The number of piperazine rings is 1. The van der Waals surface area contributed by atoms with Crippen LogP contribution >= 0.6 is 11.3 Å². The van der Waals surface area contributed by atoms with E-state index in [1.165, 1.54) is 35.1 Å². The molecule has 210 valence electrons. The van der Waals surface area contributed by atoms with E-state index >= 15 is 0 Å². The maximum Gasteiger partial charge on any atom is 0.261 e. The van der Waals surface area contributed by atoms with Crippen LogP contribution < -0.4 is 19.7 Å². The number of benzene rings is 3. The van der Waals surface area contributed by atoms with Crippen LogP contribution in [0.3, 0.4) is 0 Å². The third-order valence-corrected chi connectivity index (χ3v) is 9.41. The molecule has 0 bridgehead atoms. The van der Waals surface area contributed by atoms with E-state index in [2.05, 4.69) is 45.8 Å². The van der Waals surface area contributed by atoms with Crippen molar-refractivity contribution in [3.8, 4) is 5.75 Å². The Labute approximate surface area is 238 Å². The first kappa shape index (κ1) is 27.9. The molecule has 11 heteroatoms. The van der Waals surface area contributed by atoms with Crippen LogP contribution in [-0.4, -0.2) is 70.6 Å². The summed E-state index contributed by atoms with van der Waals surface area (Å²) in [6.07, 6.45) is 0. The molecule has 0 unspecified atom stereocenters. The van der Waals surface area contributed by atoms with Crippen LogP contribution in [0.15, 0.2) is 65.6 Å². The number of hydrogen-bond donors (Lipinski definition) is 2. The number of fused-ring (bicyclic) bond motifs is 1. The molecule has 3 aromatic carbocycles. The molecular formula is C29H33N5O4S2. The first-order chi connectivity index (χ1) is 19.2. The summed E-state index contributed by atoms with van der Waals surface area (Å²) in [5, 5.41) is 4.00. The van der Waals surface area contributed by atoms with Gasteiger partial charge in [-0.3, -0.25) is 14.4 Å². The second kappa shape index (κ2) is 11.8. The Kier molecular flexibility index (Phi) is 8.24. The number of ether oxygens (including phenoxy) is 1. The number of aromatic nitrogens is 1. The lowest BCUT2D eigenvalue weighted by molar-refractivity contribution is 0.0948. The van der Waals surface area contributed by atoms with Crippen molar-refractivity contribution in [2.75, 3.05) is 56.0 Å². The molecule has 2 N–H and O–H groups in total. The van der Waals surface area contributed by atoms with E-state index in [4.69, 9.17) is 9.72 Å². The molecule has 5 rings (SSSR count). The molecule has 1 amide bonds. The number of nitrogens with zero attached hydrogens (tertiary/aromatic N) is 3. The minimum Gasteiger partial charge on any atom is -0.497 e. The molecule has 1 aliphatic heterocycles. The molecule has 9 nitrogen and oxygen atoms in total. The van der Waals surface area contributed by atoms with Gasteiger partial charge in [-0.15, -0.1) is 0 Å². The molecular weight excluding hydrogens is 546 g/mol. The van der Waals surface area contributed by atoms with Gasteiger partial charge in [-0.2, -0.15) is 0 Å². The molecule has 4 aromatic rings.